The van der Waals surface area contributed by atoms with Crippen LogP contribution in [0.4, 0.5) is 5.82 Å². The van der Waals surface area contributed by atoms with Gasteiger partial charge in [-0.05, 0) is 31.2 Å². The molecule has 0 radical (unpaired) electrons. The number of nitrogens with two attached hydrogens (primary N) is 1. The van der Waals surface area contributed by atoms with E-state index in [9.17, 15) is 10.1 Å². The normalized spacial score (nSPS) is 21.6. The topological polar surface area (TPSA) is 107 Å². The van der Waals surface area contributed by atoms with Gasteiger partial charge in [-0.1, -0.05) is 25.6 Å². The second-order valence-electron chi connectivity index (χ2n) is 6.45. The van der Waals surface area contributed by atoms with E-state index in [4.69, 9.17) is 11.0 Å². The Bertz CT molecular complexity index is 711. The van der Waals surface area contributed by atoms with Crippen molar-refractivity contribution in [1.29, 1.82) is 10.5 Å². The van der Waals surface area contributed by atoms with E-state index in [-0.39, 0.29) is 28.1 Å². The maximum Gasteiger partial charge on any atom is 0.235 e. The third-order valence-electron chi connectivity index (χ3n) is 4.07. The molecule has 7 heteroatoms. The summed E-state index contributed by atoms with van der Waals surface area (Å²) in [4.78, 5) is 18.7. The standard InChI is InChI=1S/C17H21N5OS/c1-10-4-11(2)9-22(8-10)17(23)12(3)24-16-14(7-19)5-13(6-18)15(20)21-16/h5,10-12H,4,8-9H2,1-3H3,(H2,20,21)/t10-,11-,12+/m1/s1. The summed E-state index contributed by atoms with van der Waals surface area (Å²) in [7, 11) is 0. The number of nitrogen functional groups attached to an aromatic ring is 1. The zero-order valence-corrected chi connectivity index (χ0v) is 14.9. The molecule has 24 heavy (non-hydrogen) atoms. The highest BCUT2D eigenvalue weighted by atomic mass is 32.2. The minimum absolute atomic E-state index is 0.0482. The Morgan fingerprint density at radius 1 is 1.33 bits per heavy atom. The van der Waals surface area contributed by atoms with Gasteiger partial charge in [0.25, 0.3) is 0 Å². The number of piperidine rings is 1. The lowest BCUT2D eigenvalue weighted by Crippen LogP contribution is -2.45. The molecule has 3 atom stereocenters. The predicted molar refractivity (Wildman–Crippen MR) is 92.9 cm³/mol. The smallest absolute Gasteiger partial charge is 0.235 e. The van der Waals surface area contributed by atoms with Crippen LogP contribution in [0.3, 0.4) is 0 Å². The fourth-order valence-electron chi connectivity index (χ4n) is 3.09. The number of thioether (sulfide) groups is 1. The van der Waals surface area contributed by atoms with Crippen LogP contribution in [0.1, 0.15) is 38.3 Å². The minimum Gasteiger partial charge on any atom is -0.383 e. The van der Waals surface area contributed by atoms with Crippen molar-refractivity contribution in [2.24, 2.45) is 11.8 Å². The van der Waals surface area contributed by atoms with E-state index in [1.165, 1.54) is 17.8 Å². The summed E-state index contributed by atoms with van der Waals surface area (Å²) in [6.07, 6.45) is 1.14. The SMILES string of the molecule is C[C@@H]1C[C@@H](C)CN(C(=O)[C@H](C)Sc2nc(N)c(C#N)cc2C#N)C1. The molecule has 0 saturated carbocycles. The van der Waals surface area contributed by atoms with Gasteiger partial charge in [0.1, 0.15) is 23.0 Å². The highest BCUT2D eigenvalue weighted by molar-refractivity contribution is 8.00. The molecular weight excluding hydrogens is 322 g/mol. The van der Waals surface area contributed by atoms with E-state index in [1.807, 2.05) is 24.0 Å². The Balaban J connectivity index is 2.16. The van der Waals surface area contributed by atoms with Gasteiger partial charge in [0, 0.05) is 13.1 Å². The zero-order chi connectivity index (χ0) is 17.9. The fourth-order valence-corrected chi connectivity index (χ4v) is 4.05. The number of aromatic nitrogens is 1. The van der Waals surface area contributed by atoms with Crippen LogP contribution >= 0.6 is 11.8 Å². The van der Waals surface area contributed by atoms with E-state index >= 15 is 0 Å². The molecule has 2 heterocycles. The van der Waals surface area contributed by atoms with Gasteiger partial charge in [0.2, 0.25) is 5.91 Å². The zero-order valence-electron chi connectivity index (χ0n) is 14.1. The van der Waals surface area contributed by atoms with Crippen molar-refractivity contribution in [3.63, 3.8) is 0 Å². The van der Waals surface area contributed by atoms with Crippen molar-refractivity contribution >= 4 is 23.5 Å². The van der Waals surface area contributed by atoms with Crippen molar-refractivity contribution in [3.8, 4) is 12.1 Å². The second-order valence-corrected chi connectivity index (χ2v) is 7.78. The summed E-state index contributed by atoms with van der Waals surface area (Å²) in [6.45, 7) is 7.66. The summed E-state index contributed by atoms with van der Waals surface area (Å²) >= 11 is 1.22. The van der Waals surface area contributed by atoms with Crippen LogP contribution in [-0.2, 0) is 4.79 Å². The largest absolute Gasteiger partial charge is 0.383 e. The lowest BCUT2D eigenvalue weighted by Gasteiger charge is -2.36. The van der Waals surface area contributed by atoms with E-state index in [0.717, 1.165) is 19.5 Å². The molecule has 1 aromatic rings. The fraction of sp³-hybridized carbons (Fsp3) is 0.529. The molecule has 1 aliphatic rings. The van der Waals surface area contributed by atoms with Crippen molar-refractivity contribution in [1.82, 2.24) is 9.88 Å². The molecule has 1 aromatic heterocycles. The van der Waals surface area contributed by atoms with E-state index in [1.54, 1.807) is 0 Å². The number of pyridine rings is 1. The first-order valence-corrected chi connectivity index (χ1v) is 8.79. The Kier molecular flexibility index (Phi) is 5.69. The highest BCUT2D eigenvalue weighted by Gasteiger charge is 2.29. The van der Waals surface area contributed by atoms with Crippen molar-refractivity contribution < 1.29 is 4.79 Å². The molecule has 0 aliphatic carbocycles. The van der Waals surface area contributed by atoms with E-state index in [0.29, 0.717) is 16.9 Å². The lowest BCUT2D eigenvalue weighted by molar-refractivity contribution is -0.132. The van der Waals surface area contributed by atoms with E-state index in [2.05, 4.69) is 18.8 Å². The van der Waals surface area contributed by atoms with Gasteiger partial charge in [-0.3, -0.25) is 4.79 Å². The summed E-state index contributed by atoms with van der Waals surface area (Å²) < 4.78 is 0. The van der Waals surface area contributed by atoms with Crippen LogP contribution < -0.4 is 5.73 Å². The van der Waals surface area contributed by atoms with Crippen molar-refractivity contribution in [2.75, 3.05) is 18.8 Å². The Morgan fingerprint density at radius 3 is 2.46 bits per heavy atom. The third-order valence-corrected chi connectivity index (χ3v) is 5.16. The summed E-state index contributed by atoms with van der Waals surface area (Å²) in [5.74, 6) is 1.12. The number of amides is 1. The van der Waals surface area contributed by atoms with Crippen molar-refractivity contribution in [2.45, 2.75) is 37.5 Å². The number of carbonyl (C=O) groups excluding carboxylic acids is 1. The number of hydrogen-bond acceptors (Lipinski definition) is 6. The van der Waals surface area contributed by atoms with Gasteiger partial charge in [0.15, 0.2) is 0 Å². The minimum atomic E-state index is -0.366. The third kappa shape index (κ3) is 3.98. The van der Waals surface area contributed by atoms with E-state index < -0.39 is 0 Å². The molecule has 6 nitrogen and oxygen atoms in total. The number of nitrogens with zero attached hydrogens (tertiary/aromatic N) is 4. The molecule has 126 valence electrons. The molecule has 1 fully saturated rings. The number of rotatable bonds is 3. The van der Waals surface area contributed by atoms with Gasteiger partial charge >= 0.3 is 0 Å². The average Bonchev–Trinajstić information content (AvgIpc) is 2.53. The molecule has 0 unspecified atom stereocenters. The van der Waals surface area contributed by atoms with Crippen LogP contribution in [0.2, 0.25) is 0 Å². The Labute approximate surface area is 146 Å². The van der Waals surface area contributed by atoms with Crippen LogP contribution in [0.5, 0.6) is 0 Å². The van der Waals surface area contributed by atoms with Crippen LogP contribution in [-0.4, -0.2) is 34.1 Å². The molecule has 0 bridgehead atoms. The van der Waals surface area contributed by atoms with Gasteiger partial charge in [-0.15, -0.1) is 0 Å². The van der Waals surface area contributed by atoms with Crippen LogP contribution in [0, 0.1) is 34.5 Å². The predicted octanol–water partition coefficient (Wildman–Crippen LogP) is 2.39. The molecule has 0 spiro atoms. The molecule has 0 aromatic carbocycles. The highest BCUT2D eigenvalue weighted by Crippen LogP contribution is 2.30. The Hall–Kier alpha value is -2.25. The number of hydrogen-bond donors (Lipinski definition) is 1. The first-order chi connectivity index (χ1) is 11.3. The molecular formula is C17H21N5OS. The molecule has 2 N–H and O–H groups in total. The molecule has 1 aliphatic heterocycles. The first-order valence-electron chi connectivity index (χ1n) is 7.91. The number of anilines is 1. The first kappa shape index (κ1) is 18.1. The van der Waals surface area contributed by atoms with Crippen molar-refractivity contribution in [3.05, 3.63) is 17.2 Å². The quantitative estimate of drug-likeness (QED) is 0.844. The molecule has 1 saturated heterocycles. The van der Waals surface area contributed by atoms with Crippen LogP contribution in [0.25, 0.3) is 0 Å². The Morgan fingerprint density at radius 2 is 1.92 bits per heavy atom. The average molecular weight is 343 g/mol. The van der Waals surface area contributed by atoms with Gasteiger partial charge < -0.3 is 10.6 Å². The second kappa shape index (κ2) is 7.55. The summed E-state index contributed by atoms with van der Waals surface area (Å²) in [5.41, 5.74) is 6.18. The summed E-state index contributed by atoms with van der Waals surface area (Å²) in [5, 5.41) is 18.3. The lowest BCUT2D eigenvalue weighted by atomic mass is 9.92. The molecule has 1 amide bonds. The number of carbonyl (C=O) groups is 1. The van der Waals surface area contributed by atoms with Gasteiger partial charge in [-0.25, -0.2) is 4.98 Å². The molecule has 2 rings (SSSR count). The van der Waals surface area contributed by atoms with Gasteiger partial charge in [0.05, 0.1) is 16.4 Å². The maximum atomic E-state index is 12.7. The number of nitriles is 2. The monoisotopic (exact) mass is 343 g/mol. The maximum absolute atomic E-state index is 12.7. The summed E-state index contributed by atoms with van der Waals surface area (Å²) in [6, 6.07) is 5.36. The van der Waals surface area contributed by atoms with Gasteiger partial charge in [-0.2, -0.15) is 10.5 Å². The number of likely N-dealkylation sites (tertiary alicyclic amines) is 1. The van der Waals surface area contributed by atoms with Crippen LogP contribution in [0.15, 0.2) is 11.1 Å².